The minimum atomic E-state index is -0.226. The number of hydrogen-bond donors (Lipinski definition) is 2. The molecule has 1 fully saturated rings. The summed E-state index contributed by atoms with van der Waals surface area (Å²) in [4.78, 5) is 0. The number of benzene rings is 1. The highest BCUT2D eigenvalue weighted by Crippen LogP contribution is 2.31. The van der Waals surface area contributed by atoms with E-state index in [1.165, 1.54) is 17.4 Å². The quantitative estimate of drug-likeness (QED) is 0.895. The summed E-state index contributed by atoms with van der Waals surface area (Å²) in [6.45, 7) is 4.31. The molecule has 114 valence electrons. The maximum atomic E-state index is 10.1. The topological polar surface area (TPSA) is 45.4 Å². The van der Waals surface area contributed by atoms with Crippen molar-refractivity contribution < 1.29 is 9.52 Å². The molecule has 3 nitrogen and oxygen atoms in total. The molecule has 1 heterocycles. The van der Waals surface area contributed by atoms with E-state index in [1.807, 2.05) is 12.1 Å². The highest BCUT2D eigenvalue weighted by Gasteiger charge is 2.26. The molecule has 1 aliphatic carbocycles. The number of aryl methyl sites for hydroxylation is 1. The van der Waals surface area contributed by atoms with Crippen LogP contribution < -0.4 is 5.32 Å². The Balaban J connectivity index is 1.85. The van der Waals surface area contributed by atoms with Crippen molar-refractivity contribution in [3.8, 4) is 0 Å². The standard InChI is InChI=1S/C18H25NO2/c1-3-13-14-8-4-7-11-17(14)21-18(13)12(2)19-15-9-5-6-10-16(15)20/h4,7-8,11-12,15-16,19-20H,3,5-6,9-10H2,1-2H3. The molecular formula is C18H25NO2. The molecule has 1 aliphatic rings. The molecule has 0 radical (unpaired) electrons. The van der Waals surface area contributed by atoms with Gasteiger partial charge in [0.1, 0.15) is 11.3 Å². The fourth-order valence-corrected chi connectivity index (χ4v) is 3.53. The highest BCUT2D eigenvalue weighted by atomic mass is 16.3. The summed E-state index contributed by atoms with van der Waals surface area (Å²) in [6.07, 6.45) is 5.03. The average molecular weight is 287 g/mol. The van der Waals surface area contributed by atoms with Crippen LogP contribution in [0, 0.1) is 0 Å². The molecule has 1 aromatic heterocycles. The summed E-state index contributed by atoms with van der Waals surface area (Å²) in [5.41, 5.74) is 2.25. The second-order valence-electron chi connectivity index (χ2n) is 6.14. The van der Waals surface area contributed by atoms with E-state index in [2.05, 4.69) is 31.3 Å². The fourth-order valence-electron chi connectivity index (χ4n) is 3.53. The van der Waals surface area contributed by atoms with Crippen LogP contribution in [0.5, 0.6) is 0 Å². The molecule has 0 bridgehead atoms. The number of fused-ring (bicyclic) bond motifs is 1. The molecule has 0 saturated heterocycles. The Hall–Kier alpha value is -1.32. The monoisotopic (exact) mass is 287 g/mol. The van der Waals surface area contributed by atoms with Gasteiger partial charge in [-0.15, -0.1) is 0 Å². The first-order valence-electron chi connectivity index (χ1n) is 8.15. The van der Waals surface area contributed by atoms with Gasteiger partial charge in [0, 0.05) is 17.0 Å². The predicted molar refractivity (Wildman–Crippen MR) is 85.4 cm³/mol. The molecule has 0 amide bonds. The molecule has 2 N–H and O–H groups in total. The van der Waals surface area contributed by atoms with Crippen LogP contribution in [0.2, 0.25) is 0 Å². The molecular weight excluding hydrogens is 262 g/mol. The van der Waals surface area contributed by atoms with Gasteiger partial charge in [0.05, 0.1) is 12.1 Å². The maximum Gasteiger partial charge on any atom is 0.134 e. The number of para-hydroxylation sites is 1. The molecule has 3 unspecified atom stereocenters. The van der Waals surface area contributed by atoms with Gasteiger partial charge < -0.3 is 14.8 Å². The Kier molecular flexibility index (Phi) is 4.32. The van der Waals surface area contributed by atoms with Gasteiger partial charge in [-0.1, -0.05) is 38.0 Å². The molecule has 3 heteroatoms. The van der Waals surface area contributed by atoms with E-state index in [-0.39, 0.29) is 18.2 Å². The summed E-state index contributed by atoms with van der Waals surface area (Å²) < 4.78 is 6.08. The van der Waals surface area contributed by atoms with Gasteiger partial charge in [0.15, 0.2) is 0 Å². The fraction of sp³-hybridized carbons (Fsp3) is 0.556. The second-order valence-corrected chi connectivity index (χ2v) is 6.14. The second kappa shape index (κ2) is 6.20. The van der Waals surface area contributed by atoms with E-state index < -0.39 is 0 Å². The van der Waals surface area contributed by atoms with Crippen LogP contribution in [-0.2, 0) is 6.42 Å². The van der Waals surface area contributed by atoms with E-state index in [4.69, 9.17) is 4.42 Å². The van der Waals surface area contributed by atoms with E-state index in [9.17, 15) is 5.11 Å². The minimum Gasteiger partial charge on any atom is -0.459 e. The van der Waals surface area contributed by atoms with Gasteiger partial charge >= 0.3 is 0 Å². The third kappa shape index (κ3) is 2.85. The van der Waals surface area contributed by atoms with Crippen molar-refractivity contribution in [3.63, 3.8) is 0 Å². The number of hydrogen-bond acceptors (Lipinski definition) is 3. The summed E-state index contributed by atoms with van der Waals surface area (Å²) in [7, 11) is 0. The smallest absolute Gasteiger partial charge is 0.134 e. The molecule has 21 heavy (non-hydrogen) atoms. The van der Waals surface area contributed by atoms with Gasteiger partial charge in [-0.25, -0.2) is 0 Å². The number of aliphatic hydroxyl groups excluding tert-OH is 1. The first-order valence-corrected chi connectivity index (χ1v) is 8.15. The summed E-state index contributed by atoms with van der Waals surface area (Å²) >= 11 is 0. The maximum absolute atomic E-state index is 10.1. The lowest BCUT2D eigenvalue weighted by Crippen LogP contribution is -2.43. The van der Waals surface area contributed by atoms with Crippen molar-refractivity contribution >= 4 is 11.0 Å². The number of furan rings is 1. The SMILES string of the molecule is CCc1c(C(C)NC2CCCCC2O)oc2ccccc12. The van der Waals surface area contributed by atoms with Crippen LogP contribution in [-0.4, -0.2) is 17.3 Å². The molecule has 0 spiro atoms. The number of aliphatic hydroxyl groups is 1. The minimum absolute atomic E-state index is 0.130. The van der Waals surface area contributed by atoms with Gasteiger partial charge in [-0.3, -0.25) is 0 Å². The third-order valence-electron chi connectivity index (χ3n) is 4.67. The molecule has 3 atom stereocenters. The third-order valence-corrected chi connectivity index (χ3v) is 4.67. The predicted octanol–water partition coefficient (Wildman–Crippen LogP) is 3.95. The molecule has 1 saturated carbocycles. The van der Waals surface area contributed by atoms with Crippen molar-refractivity contribution in [1.82, 2.24) is 5.32 Å². The van der Waals surface area contributed by atoms with E-state index in [1.54, 1.807) is 0 Å². The van der Waals surface area contributed by atoms with Crippen LogP contribution in [0.4, 0.5) is 0 Å². The van der Waals surface area contributed by atoms with E-state index in [0.717, 1.165) is 37.0 Å². The first kappa shape index (κ1) is 14.6. The number of rotatable bonds is 4. The van der Waals surface area contributed by atoms with Crippen molar-refractivity contribution in [2.45, 2.75) is 64.1 Å². The van der Waals surface area contributed by atoms with Crippen molar-refractivity contribution in [2.75, 3.05) is 0 Å². The Labute approximate surface area is 126 Å². The average Bonchev–Trinajstić information content (AvgIpc) is 2.88. The van der Waals surface area contributed by atoms with Crippen LogP contribution in [0.3, 0.4) is 0 Å². The summed E-state index contributed by atoms with van der Waals surface area (Å²) in [5.74, 6) is 1.02. The highest BCUT2D eigenvalue weighted by molar-refractivity contribution is 5.82. The lowest BCUT2D eigenvalue weighted by atomic mass is 9.91. The summed E-state index contributed by atoms with van der Waals surface area (Å²) in [6, 6.07) is 8.54. The molecule has 0 aliphatic heterocycles. The number of nitrogens with one attached hydrogen (secondary N) is 1. The van der Waals surface area contributed by atoms with Gasteiger partial charge in [-0.2, -0.15) is 0 Å². The molecule has 1 aromatic carbocycles. The zero-order valence-corrected chi connectivity index (χ0v) is 12.9. The van der Waals surface area contributed by atoms with Crippen molar-refractivity contribution in [1.29, 1.82) is 0 Å². The van der Waals surface area contributed by atoms with Gasteiger partial charge in [0.2, 0.25) is 0 Å². The van der Waals surface area contributed by atoms with Gasteiger partial charge in [0.25, 0.3) is 0 Å². The zero-order valence-electron chi connectivity index (χ0n) is 12.9. The van der Waals surface area contributed by atoms with E-state index in [0.29, 0.717) is 0 Å². The largest absolute Gasteiger partial charge is 0.459 e. The van der Waals surface area contributed by atoms with Gasteiger partial charge in [-0.05, 0) is 32.3 Å². The zero-order chi connectivity index (χ0) is 14.8. The van der Waals surface area contributed by atoms with Crippen LogP contribution in [0.15, 0.2) is 28.7 Å². The molecule has 3 rings (SSSR count). The van der Waals surface area contributed by atoms with Crippen LogP contribution in [0.25, 0.3) is 11.0 Å². The van der Waals surface area contributed by atoms with Crippen molar-refractivity contribution in [3.05, 3.63) is 35.6 Å². The lowest BCUT2D eigenvalue weighted by Gasteiger charge is -2.30. The Morgan fingerprint density at radius 1 is 1.29 bits per heavy atom. The first-order chi connectivity index (χ1) is 10.2. The Morgan fingerprint density at radius 3 is 2.81 bits per heavy atom. The lowest BCUT2D eigenvalue weighted by molar-refractivity contribution is 0.0845. The van der Waals surface area contributed by atoms with Crippen LogP contribution in [0.1, 0.15) is 56.9 Å². The Bertz CT molecular complexity index is 604. The van der Waals surface area contributed by atoms with Crippen LogP contribution >= 0.6 is 0 Å². The van der Waals surface area contributed by atoms with Crippen molar-refractivity contribution in [2.24, 2.45) is 0 Å². The normalized spacial score (nSPS) is 24.3. The molecule has 2 aromatic rings. The summed E-state index contributed by atoms with van der Waals surface area (Å²) in [5, 5.41) is 14.9. The van der Waals surface area contributed by atoms with E-state index >= 15 is 0 Å². The Morgan fingerprint density at radius 2 is 2.05 bits per heavy atom.